The summed E-state index contributed by atoms with van der Waals surface area (Å²) in [6.07, 6.45) is 24.9. The molecule has 0 radical (unpaired) electrons. The van der Waals surface area contributed by atoms with Gasteiger partial charge in [-0.25, -0.2) is 0 Å². The molecule has 0 N–H and O–H groups in total. The summed E-state index contributed by atoms with van der Waals surface area (Å²) in [5.74, 6) is 2.91. The zero-order valence-corrected chi connectivity index (χ0v) is 16.5. The molecule has 1 heteroatoms. The fourth-order valence-electron chi connectivity index (χ4n) is 4.78. The first-order chi connectivity index (χ1) is 11.8. The maximum atomic E-state index is 6.10. The third kappa shape index (κ3) is 7.72. The molecule has 0 bridgehead atoms. The van der Waals surface area contributed by atoms with Crippen LogP contribution >= 0.6 is 0 Å². The Hall–Kier alpha value is -0.300. The van der Waals surface area contributed by atoms with E-state index in [0.29, 0.717) is 6.10 Å². The minimum absolute atomic E-state index is 0.583. The van der Waals surface area contributed by atoms with Crippen molar-refractivity contribution in [3.05, 3.63) is 12.2 Å². The fraction of sp³-hybridized carbons (Fsp3) is 0.913. The standard InChI is InChI=1S/C23H42O/c1-3-5-6-7-19-24-23-17-15-22(16-18-23)14-13-21-11-9-20(8-4-2)10-12-21/h4,8,20-23H,3,5-7,9-19H2,1-2H3. The molecule has 0 atom stereocenters. The molecule has 0 unspecified atom stereocenters. The van der Waals surface area contributed by atoms with E-state index < -0.39 is 0 Å². The normalized spacial score (nSPS) is 31.6. The van der Waals surface area contributed by atoms with Gasteiger partial charge in [-0.2, -0.15) is 0 Å². The van der Waals surface area contributed by atoms with Crippen LogP contribution in [-0.4, -0.2) is 12.7 Å². The molecule has 2 aliphatic carbocycles. The van der Waals surface area contributed by atoms with Crippen LogP contribution in [0.3, 0.4) is 0 Å². The molecule has 2 fully saturated rings. The Bertz CT molecular complexity index is 319. The van der Waals surface area contributed by atoms with E-state index in [-0.39, 0.29) is 0 Å². The first kappa shape index (κ1) is 20.0. The number of rotatable bonds is 10. The highest BCUT2D eigenvalue weighted by atomic mass is 16.5. The lowest BCUT2D eigenvalue weighted by atomic mass is 9.77. The largest absolute Gasteiger partial charge is 0.378 e. The van der Waals surface area contributed by atoms with E-state index in [1.165, 1.54) is 89.9 Å². The predicted molar refractivity (Wildman–Crippen MR) is 105 cm³/mol. The minimum atomic E-state index is 0.583. The third-order valence-electron chi connectivity index (χ3n) is 6.48. The summed E-state index contributed by atoms with van der Waals surface area (Å²) in [5.41, 5.74) is 0. The van der Waals surface area contributed by atoms with Crippen molar-refractivity contribution in [3.63, 3.8) is 0 Å². The number of unbranched alkanes of at least 4 members (excludes halogenated alkanes) is 3. The van der Waals surface area contributed by atoms with Gasteiger partial charge >= 0.3 is 0 Å². The molecule has 0 amide bonds. The molecule has 0 aromatic carbocycles. The first-order valence-corrected chi connectivity index (χ1v) is 11.1. The van der Waals surface area contributed by atoms with E-state index in [1.807, 2.05) is 0 Å². The van der Waals surface area contributed by atoms with Gasteiger partial charge < -0.3 is 4.74 Å². The Balaban J connectivity index is 1.49. The summed E-state index contributed by atoms with van der Waals surface area (Å²) in [6.45, 7) is 5.44. The van der Waals surface area contributed by atoms with Gasteiger partial charge in [-0.15, -0.1) is 0 Å². The van der Waals surface area contributed by atoms with Crippen LogP contribution in [0.2, 0.25) is 0 Å². The Labute approximate surface area is 151 Å². The Morgan fingerprint density at radius 3 is 2.00 bits per heavy atom. The lowest BCUT2D eigenvalue weighted by Gasteiger charge is -2.31. The molecule has 2 saturated carbocycles. The lowest BCUT2D eigenvalue weighted by molar-refractivity contribution is 0.0145. The maximum Gasteiger partial charge on any atom is 0.0575 e. The van der Waals surface area contributed by atoms with Gasteiger partial charge in [0.1, 0.15) is 0 Å². The van der Waals surface area contributed by atoms with Gasteiger partial charge in [0.2, 0.25) is 0 Å². The predicted octanol–water partition coefficient (Wildman–Crippen LogP) is 7.30. The van der Waals surface area contributed by atoms with Gasteiger partial charge in [-0.1, -0.05) is 51.2 Å². The number of hydrogen-bond donors (Lipinski definition) is 0. The molecule has 0 aromatic heterocycles. The van der Waals surface area contributed by atoms with Crippen LogP contribution in [0.25, 0.3) is 0 Å². The molecule has 0 spiro atoms. The summed E-state index contributed by atoms with van der Waals surface area (Å²) < 4.78 is 6.10. The molecule has 0 heterocycles. The topological polar surface area (TPSA) is 9.23 Å². The lowest BCUT2D eigenvalue weighted by Crippen LogP contribution is -2.23. The molecule has 1 nitrogen and oxygen atoms in total. The van der Waals surface area contributed by atoms with E-state index in [9.17, 15) is 0 Å². The number of allylic oxidation sites excluding steroid dienone is 2. The van der Waals surface area contributed by atoms with Crippen molar-refractivity contribution < 1.29 is 4.74 Å². The highest BCUT2D eigenvalue weighted by Gasteiger charge is 2.24. The Morgan fingerprint density at radius 1 is 0.792 bits per heavy atom. The fourth-order valence-corrected chi connectivity index (χ4v) is 4.78. The van der Waals surface area contributed by atoms with Crippen molar-refractivity contribution in [3.8, 4) is 0 Å². The molecule has 0 aromatic rings. The summed E-state index contributed by atoms with van der Waals surface area (Å²) >= 11 is 0. The van der Waals surface area contributed by atoms with Gasteiger partial charge in [0.25, 0.3) is 0 Å². The average Bonchev–Trinajstić information content (AvgIpc) is 2.62. The van der Waals surface area contributed by atoms with E-state index in [2.05, 4.69) is 26.0 Å². The summed E-state index contributed by atoms with van der Waals surface area (Å²) in [7, 11) is 0. The summed E-state index contributed by atoms with van der Waals surface area (Å²) in [5, 5.41) is 0. The molecule has 2 aliphatic rings. The monoisotopic (exact) mass is 334 g/mol. The van der Waals surface area contributed by atoms with Crippen LogP contribution in [0.5, 0.6) is 0 Å². The van der Waals surface area contributed by atoms with Crippen molar-refractivity contribution in [2.45, 2.75) is 110 Å². The van der Waals surface area contributed by atoms with E-state index >= 15 is 0 Å². The van der Waals surface area contributed by atoms with Crippen molar-refractivity contribution >= 4 is 0 Å². The molecular weight excluding hydrogens is 292 g/mol. The van der Waals surface area contributed by atoms with Crippen LogP contribution in [0.1, 0.15) is 104 Å². The third-order valence-corrected chi connectivity index (χ3v) is 6.48. The molecule has 0 aliphatic heterocycles. The Morgan fingerprint density at radius 2 is 1.42 bits per heavy atom. The van der Waals surface area contributed by atoms with Crippen molar-refractivity contribution in [1.82, 2.24) is 0 Å². The van der Waals surface area contributed by atoms with Gasteiger partial charge in [-0.3, -0.25) is 0 Å². The highest BCUT2D eigenvalue weighted by molar-refractivity contribution is 4.89. The van der Waals surface area contributed by atoms with Crippen LogP contribution in [0.15, 0.2) is 12.2 Å². The van der Waals surface area contributed by atoms with Crippen LogP contribution < -0.4 is 0 Å². The molecule has 0 saturated heterocycles. The summed E-state index contributed by atoms with van der Waals surface area (Å²) in [4.78, 5) is 0. The van der Waals surface area contributed by atoms with Crippen molar-refractivity contribution in [1.29, 1.82) is 0 Å². The van der Waals surface area contributed by atoms with E-state index in [4.69, 9.17) is 4.74 Å². The molecule has 2 rings (SSSR count). The first-order valence-electron chi connectivity index (χ1n) is 11.1. The van der Waals surface area contributed by atoms with Gasteiger partial charge in [-0.05, 0) is 82.5 Å². The minimum Gasteiger partial charge on any atom is -0.378 e. The maximum absolute atomic E-state index is 6.10. The van der Waals surface area contributed by atoms with Gasteiger partial charge in [0.15, 0.2) is 0 Å². The average molecular weight is 335 g/mol. The van der Waals surface area contributed by atoms with E-state index in [0.717, 1.165) is 24.4 Å². The Kier molecular flexibility index (Phi) is 10.1. The highest BCUT2D eigenvalue weighted by Crippen LogP contribution is 2.36. The smallest absolute Gasteiger partial charge is 0.0575 e. The number of hydrogen-bond acceptors (Lipinski definition) is 1. The van der Waals surface area contributed by atoms with E-state index in [1.54, 1.807) is 0 Å². The number of ether oxygens (including phenoxy) is 1. The second-order valence-electron chi connectivity index (χ2n) is 8.46. The zero-order chi connectivity index (χ0) is 17.0. The SMILES string of the molecule is CC=CC1CCC(CCC2CCC(OCCCCCC)CC2)CC1. The molecule has 140 valence electrons. The van der Waals surface area contributed by atoms with Crippen LogP contribution in [0, 0.1) is 17.8 Å². The molecular formula is C23H42O. The molecule has 24 heavy (non-hydrogen) atoms. The summed E-state index contributed by atoms with van der Waals surface area (Å²) in [6, 6.07) is 0. The second-order valence-corrected chi connectivity index (χ2v) is 8.46. The second kappa shape index (κ2) is 12.1. The zero-order valence-electron chi connectivity index (χ0n) is 16.5. The van der Waals surface area contributed by atoms with Crippen molar-refractivity contribution in [2.75, 3.05) is 6.61 Å². The van der Waals surface area contributed by atoms with Crippen LogP contribution in [0.4, 0.5) is 0 Å². The van der Waals surface area contributed by atoms with Crippen LogP contribution in [-0.2, 0) is 4.74 Å². The van der Waals surface area contributed by atoms with Gasteiger partial charge in [0, 0.05) is 6.61 Å². The quantitative estimate of drug-likeness (QED) is 0.301. The van der Waals surface area contributed by atoms with Crippen molar-refractivity contribution in [2.24, 2.45) is 17.8 Å². The van der Waals surface area contributed by atoms with Gasteiger partial charge in [0.05, 0.1) is 6.10 Å².